The number of phenols is 1. The number of hydrogen-bond acceptors (Lipinski definition) is 7. The van der Waals surface area contributed by atoms with Crippen molar-refractivity contribution in [1.29, 1.82) is 0 Å². The Morgan fingerprint density at radius 1 is 1.23 bits per heavy atom. The van der Waals surface area contributed by atoms with Crippen molar-refractivity contribution in [3.63, 3.8) is 0 Å². The first kappa shape index (κ1) is 22.5. The zero-order valence-electron chi connectivity index (χ0n) is 17.4. The number of nitrogens with one attached hydrogen (secondary N) is 1. The van der Waals surface area contributed by atoms with E-state index in [2.05, 4.69) is 10.3 Å². The van der Waals surface area contributed by atoms with E-state index in [9.17, 15) is 13.5 Å². The van der Waals surface area contributed by atoms with Crippen LogP contribution in [0.4, 0.5) is 0 Å². The van der Waals surface area contributed by atoms with Crippen molar-refractivity contribution in [2.75, 3.05) is 39.5 Å². The minimum Gasteiger partial charge on any atom is -0.507 e. The van der Waals surface area contributed by atoms with Crippen molar-refractivity contribution in [3.8, 4) is 22.8 Å². The third-order valence-electron chi connectivity index (χ3n) is 5.08. The molecule has 1 aromatic heterocycles. The molecule has 0 bridgehead atoms. The van der Waals surface area contributed by atoms with Crippen LogP contribution < -0.4 is 10.1 Å². The number of phenolic OH excluding ortho intramolecular Hbond substituents is 1. The van der Waals surface area contributed by atoms with Gasteiger partial charge in [-0.25, -0.2) is 13.4 Å². The van der Waals surface area contributed by atoms with Crippen molar-refractivity contribution in [2.24, 2.45) is 0 Å². The lowest BCUT2D eigenvalue weighted by molar-refractivity contribution is 0.108. The average Bonchev–Trinajstić information content (AvgIpc) is 2.77. The van der Waals surface area contributed by atoms with Gasteiger partial charge in [0, 0.05) is 44.0 Å². The number of pyridine rings is 1. The van der Waals surface area contributed by atoms with Gasteiger partial charge in [-0.05, 0) is 25.5 Å². The molecular formula is C21H29N3O5S. The summed E-state index contributed by atoms with van der Waals surface area (Å²) in [6.45, 7) is 6.55. The maximum absolute atomic E-state index is 13.7. The van der Waals surface area contributed by atoms with Crippen LogP contribution in [0.3, 0.4) is 0 Å². The second-order valence-corrected chi connectivity index (χ2v) is 8.79. The normalized spacial score (nSPS) is 17.7. The highest BCUT2D eigenvalue weighted by Crippen LogP contribution is 2.40. The summed E-state index contributed by atoms with van der Waals surface area (Å²) in [5.74, 6) is 0.115. The molecule has 0 radical (unpaired) electrons. The van der Waals surface area contributed by atoms with Crippen LogP contribution in [-0.4, -0.2) is 68.3 Å². The van der Waals surface area contributed by atoms with Gasteiger partial charge in [0.15, 0.2) is 0 Å². The van der Waals surface area contributed by atoms with Crippen molar-refractivity contribution in [2.45, 2.75) is 31.2 Å². The van der Waals surface area contributed by atoms with Gasteiger partial charge >= 0.3 is 0 Å². The number of aromatic hydroxyl groups is 1. The third kappa shape index (κ3) is 4.75. The van der Waals surface area contributed by atoms with Gasteiger partial charge in [0.1, 0.15) is 12.4 Å². The van der Waals surface area contributed by atoms with Crippen LogP contribution in [0, 0.1) is 0 Å². The quantitative estimate of drug-likeness (QED) is 0.583. The zero-order valence-corrected chi connectivity index (χ0v) is 18.2. The summed E-state index contributed by atoms with van der Waals surface area (Å²) in [7, 11) is -3.85. The highest BCUT2D eigenvalue weighted by atomic mass is 32.2. The van der Waals surface area contributed by atoms with E-state index in [0.29, 0.717) is 44.8 Å². The zero-order chi connectivity index (χ0) is 21.6. The SMILES string of the molecule is CCOCCOc1nccc(S(=O)(=O)N2CCNCC2CC)c1-c1ccccc1O. The molecule has 3 rings (SSSR count). The van der Waals surface area contributed by atoms with Crippen LogP contribution in [0.25, 0.3) is 11.1 Å². The summed E-state index contributed by atoms with van der Waals surface area (Å²) in [5, 5.41) is 13.7. The van der Waals surface area contributed by atoms with E-state index in [1.165, 1.54) is 22.6 Å². The number of para-hydroxylation sites is 1. The van der Waals surface area contributed by atoms with Gasteiger partial charge in [-0.1, -0.05) is 25.1 Å². The largest absolute Gasteiger partial charge is 0.507 e. The Labute approximate surface area is 177 Å². The van der Waals surface area contributed by atoms with Crippen LogP contribution in [0.2, 0.25) is 0 Å². The molecule has 1 aliphatic heterocycles. The standard InChI is InChI=1S/C21H29N3O5S/c1-3-16-15-22-11-12-24(16)30(26,27)19-9-10-23-21(29-14-13-28-4-2)20(19)17-7-5-6-8-18(17)25/h5-10,16,22,25H,3-4,11-15H2,1-2H3. The number of benzene rings is 1. The maximum atomic E-state index is 13.7. The molecule has 2 N–H and O–H groups in total. The van der Waals surface area contributed by atoms with E-state index in [1.54, 1.807) is 18.2 Å². The average molecular weight is 436 g/mol. The van der Waals surface area contributed by atoms with Crippen molar-refractivity contribution in [3.05, 3.63) is 36.5 Å². The number of piperazine rings is 1. The Balaban J connectivity index is 2.10. The third-order valence-corrected chi connectivity index (χ3v) is 7.07. The minimum absolute atomic E-state index is 0.0380. The van der Waals surface area contributed by atoms with Crippen LogP contribution in [-0.2, 0) is 14.8 Å². The summed E-state index contributed by atoms with van der Waals surface area (Å²) < 4.78 is 40.0. The molecule has 1 atom stereocenters. The Morgan fingerprint density at radius 2 is 2.03 bits per heavy atom. The smallest absolute Gasteiger partial charge is 0.244 e. The van der Waals surface area contributed by atoms with Gasteiger partial charge in [-0.2, -0.15) is 4.31 Å². The Hall–Kier alpha value is -2.20. The summed E-state index contributed by atoms with van der Waals surface area (Å²) in [5.41, 5.74) is 0.624. The number of sulfonamides is 1. The van der Waals surface area contributed by atoms with Crippen LogP contribution in [0.1, 0.15) is 20.3 Å². The second-order valence-electron chi connectivity index (χ2n) is 6.93. The molecule has 30 heavy (non-hydrogen) atoms. The first-order valence-electron chi connectivity index (χ1n) is 10.2. The van der Waals surface area contributed by atoms with Crippen molar-refractivity contribution < 1.29 is 23.0 Å². The molecule has 2 heterocycles. The highest BCUT2D eigenvalue weighted by Gasteiger charge is 2.35. The van der Waals surface area contributed by atoms with Gasteiger partial charge in [0.2, 0.25) is 15.9 Å². The first-order chi connectivity index (χ1) is 14.5. The molecule has 0 aliphatic carbocycles. The molecule has 1 unspecified atom stereocenters. The molecule has 1 saturated heterocycles. The fraction of sp³-hybridized carbons (Fsp3) is 0.476. The fourth-order valence-corrected chi connectivity index (χ4v) is 5.45. The lowest BCUT2D eigenvalue weighted by Gasteiger charge is -2.35. The lowest BCUT2D eigenvalue weighted by atomic mass is 10.1. The summed E-state index contributed by atoms with van der Waals surface area (Å²) >= 11 is 0. The molecule has 8 nitrogen and oxygen atoms in total. The van der Waals surface area contributed by atoms with Gasteiger partial charge < -0.3 is 19.9 Å². The predicted molar refractivity (Wildman–Crippen MR) is 114 cm³/mol. The predicted octanol–water partition coefficient (Wildman–Crippen LogP) is 2.24. The van der Waals surface area contributed by atoms with Gasteiger partial charge in [-0.15, -0.1) is 0 Å². The molecule has 9 heteroatoms. The summed E-state index contributed by atoms with van der Waals surface area (Å²) in [6, 6.07) is 7.93. The van der Waals surface area contributed by atoms with Crippen LogP contribution in [0.5, 0.6) is 11.6 Å². The van der Waals surface area contributed by atoms with Crippen molar-refractivity contribution >= 4 is 10.0 Å². The number of ether oxygens (including phenoxy) is 2. The summed E-state index contributed by atoms with van der Waals surface area (Å²) in [6.07, 6.45) is 2.12. The molecule has 0 spiro atoms. The van der Waals surface area contributed by atoms with Crippen molar-refractivity contribution in [1.82, 2.24) is 14.6 Å². The molecule has 1 aliphatic rings. The molecule has 1 fully saturated rings. The molecule has 164 valence electrons. The van der Waals surface area contributed by atoms with E-state index in [0.717, 1.165) is 0 Å². The highest BCUT2D eigenvalue weighted by molar-refractivity contribution is 7.89. The van der Waals surface area contributed by atoms with Crippen LogP contribution in [0.15, 0.2) is 41.4 Å². The van der Waals surface area contributed by atoms with Gasteiger partial charge in [0.25, 0.3) is 0 Å². The second kappa shape index (κ2) is 10.2. The van der Waals surface area contributed by atoms with E-state index < -0.39 is 10.0 Å². The topological polar surface area (TPSA) is 101 Å². The number of rotatable bonds is 9. The molecule has 1 aromatic carbocycles. The van der Waals surface area contributed by atoms with E-state index >= 15 is 0 Å². The number of aromatic nitrogens is 1. The Kier molecular flexibility index (Phi) is 7.65. The number of hydrogen-bond donors (Lipinski definition) is 2. The molecular weight excluding hydrogens is 406 g/mol. The van der Waals surface area contributed by atoms with Gasteiger partial charge in [0.05, 0.1) is 17.1 Å². The van der Waals surface area contributed by atoms with E-state index in [4.69, 9.17) is 9.47 Å². The Bertz CT molecular complexity index is 951. The first-order valence-corrected chi connectivity index (χ1v) is 11.6. The minimum atomic E-state index is -3.85. The lowest BCUT2D eigenvalue weighted by Crippen LogP contribution is -2.53. The Morgan fingerprint density at radius 3 is 2.77 bits per heavy atom. The molecule has 0 saturated carbocycles. The van der Waals surface area contributed by atoms with E-state index in [1.807, 2.05) is 13.8 Å². The maximum Gasteiger partial charge on any atom is 0.244 e. The fourth-order valence-electron chi connectivity index (χ4n) is 3.56. The van der Waals surface area contributed by atoms with Crippen LogP contribution >= 0.6 is 0 Å². The monoisotopic (exact) mass is 435 g/mol. The molecule has 0 amide bonds. The van der Waals surface area contributed by atoms with E-state index in [-0.39, 0.29) is 34.7 Å². The molecule has 2 aromatic rings. The number of nitrogens with zero attached hydrogens (tertiary/aromatic N) is 2. The summed E-state index contributed by atoms with van der Waals surface area (Å²) in [4.78, 5) is 4.34. The van der Waals surface area contributed by atoms with Gasteiger partial charge in [-0.3, -0.25) is 0 Å².